The van der Waals surface area contributed by atoms with E-state index in [-0.39, 0.29) is 10.8 Å². The predicted molar refractivity (Wildman–Crippen MR) is 87.6 cm³/mol. The van der Waals surface area contributed by atoms with Crippen LogP contribution >= 0.6 is 0 Å². The lowest BCUT2D eigenvalue weighted by molar-refractivity contribution is 0.589. The standard InChI is InChI=1S/C15H13N5O2S/c1-9-2-4-10(5-3-9)23(21,22)20-7-6-11-13-12(8-17-14(11)20)18-15(16)19-13/h2-8H,1H3,(H3,16,18,19). The topological polar surface area (TPSA) is 107 Å². The molecule has 0 spiro atoms. The Labute approximate surface area is 131 Å². The van der Waals surface area contributed by atoms with Crippen LogP contribution in [0, 0.1) is 6.92 Å². The number of nitrogens with two attached hydrogens (primary N) is 1. The van der Waals surface area contributed by atoms with Gasteiger partial charge in [-0.05, 0) is 25.1 Å². The summed E-state index contributed by atoms with van der Waals surface area (Å²) < 4.78 is 26.8. The number of H-pyrrole nitrogens is 1. The number of hydrogen-bond acceptors (Lipinski definition) is 5. The molecule has 0 saturated carbocycles. The monoisotopic (exact) mass is 327 g/mol. The Morgan fingerprint density at radius 2 is 1.91 bits per heavy atom. The lowest BCUT2D eigenvalue weighted by atomic mass is 10.2. The van der Waals surface area contributed by atoms with Crippen molar-refractivity contribution in [3.63, 3.8) is 0 Å². The van der Waals surface area contributed by atoms with Gasteiger partial charge in [0.1, 0.15) is 5.52 Å². The van der Waals surface area contributed by atoms with E-state index in [4.69, 9.17) is 5.73 Å². The lowest BCUT2D eigenvalue weighted by Crippen LogP contribution is -2.12. The van der Waals surface area contributed by atoms with Gasteiger partial charge >= 0.3 is 0 Å². The number of aromatic amines is 1. The Kier molecular flexibility index (Phi) is 2.73. The molecule has 3 N–H and O–H groups in total. The van der Waals surface area contributed by atoms with Gasteiger partial charge in [-0.25, -0.2) is 22.4 Å². The van der Waals surface area contributed by atoms with Crippen molar-refractivity contribution in [1.29, 1.82) is 0 Å². The summed E-state index contributed by atoms with van der Waals surface area (Å²) in [6.45, 7) is 1.90. The summed E-state index contributed by atoms with van der Waals surface area (Å²) in [7, 11) is -3.72. The summed E-state index contributed by atoms with van der Waals surface area (Å²) >= 11 is 0. The van der Waals surface area contributed by atoms with Gasteiger partial charge in [-0.3, -0.25) is 0 Å². The molecule has 0 radical (unpaired) electrons. The van der Waals surface area contributed by atoms with Crippen molar-refractivity contribution in [3.8, 4) is 0 Å². The number of benzene rings is 1. The highest BCUT2D eigenvalue weighted by atomic mass is 32.2. The van der Waals surface area contributed by atoms with Crippen LogP contribution in [-0.2, 0) is 10.0 Å². The van der Waals surface area contributed by atoms with E-state index in [1.807, 2.05) is 6.92 Å². The molecule has 1 aromatic carbocycles. The predicted octanol–water partition coefficient (Wildman–Crippen LogP) is 2.04. The van der Waals surface area contributed by atoms with E-state index in [0.717, 1.165) is 9.54 Å². The summed E-state index contributed by atoms with van der Waals surface area (Å²) in [5.41, 5.74) is 8.25. The van der Waals surface area contributed by atoms with Crippen molar-refractivity contribution >= 4 is 38.0 Å². The molecule has 0 aliphatic rings. The van der Waals surface area contributed by atoms with E-state index in [9.17, 15) is 8.42 Å². The number of anilines is 1. The number of nitrogen functional groups attached to an aromatic ring is 1. The number of rotatable bonds is 2. The molecule has 4 rings (SSSR count). The van der Waals surface area contributed by atoms with E-state index in [1.54, 1.807) is 30.3 Å². The first-order chi connectivity index (χ1) is 11.0. The first-order valence-electron chi connectivity index (χ1n) is 6.90. The molecule has 3 heterocycles. The van der Waals surface area contributed by atoms with Gasteiger partial charge in [0.2, 0.25) is 0 Å². The maximum atomic E-state index is 12.8. The minimum absolute atomic E-state index is 0.212. The molecule has 0 fully saturated rings. The van der Waals surface area contributed by atoms with E-state index in [0.29, 0.717) is 22.1 Å². The maximum Gasteiger partial charge on any atom is 0.269 e. The van der Waals surface area contributed by atoms with Gasteiger partial charge in [0, 0.05) is 11.6 Å². The van der Waals surface area contributed by atoms with Crippen molar-refractivity contribution in [2.75, 3.05) is 5.73 Å². The third-order valence-corrected chi connectivity index (χ3v) is 5.41. The quantitative estimate of drug-likeness (QED) is 0.586. The van der Waals surface area contributed by atoms with Crippen LogP contribution in [0.25, 0.3) is 22.1 Å². The van der Waals surface area contributed by atoms with E-state index in [2.05, 4.69) is 15.0 Å². The average molecular weight is 327 g/mol. The molecule has 7 nitrogen and oxygen atoms in total. The first-order valence-corrected chi connectivity index (χ1v) is 8.34. The van der Waals surface area contributed by atoms with Gasteiger partial charge in [-0.2, -0.15) is 0 Å². The van der Waals surface area contributed by atoms with Gasteiger partial charge in [0.25, 0.3) is 10.0 Å². The molecule has 4 aromatic rings. The van der Waals surface area contributed by atoms with Crippen LogP contribution in [0.2, 0.25) is 0 Å². The maximum absolute atomic E-state index is 12.8. The molecule has 0 amide bonds. The highest BCUT2D eigenvalue weighted by Crippen LogP contribution is 2.26. The summed E-state index contributed by atoms with van der Waals surface area (Å²) in [4.78, 5) is 11.5. The Balaban J connectivity index is 1.98. The van der Waals surface area contributed by atoms with Gasteiger partial charge in [-0.1, -0.05) is 17.7 Å². The highest BCUT2D eigenvalue weighted by Gasteiger charge is 2.21. The van der Waals surface area contributed by atoms with Crippen LogP contribution in [0.1, 0.15) is 5.56 Å². The van der Waals surface area contributed by atoms with Gasteiger partial charge in [0.15, 0.2) is 11.6 Å². The normalized spacial score (nSPS) is 12.2. The molecule has 0 atom stereocenters. The third kappa shape index (κ3) is 1.99. The van der Waals surface area contributed by atoms with Crippen molar-refractivity contribution in [3.05, 3.63) is 48.3 Å². The second-order valence-electron chi connectivity index (χ2n) is 5.31. The molecule has 116 valence electrons. The number of pyridine rings is 1. The van der Waals surface area contributed by atoms with Crippen LogP contribution in [0.15, 0.2) is 47.6 Å². The van der Waals surface area contributed by atoms with Crippen molar-refractivity contribution < 1.29 is 8.42 Å². The largest absolute Gasteiger partial charge is 0.369 e. The first kappa shape index (κ1) is 13.8. The number of nitrogens with one attached hydrogen (secondary N) is 1. The Hall–Kier alpha value is -2.87. The highest BCUT2D eigenvalue weighted by molar-refractivity contribution is 7.90. The number of fused-ring (bicyclic) bond motifs is 3. The molecule has 0 bridgehead atoms. The SMILES string of the molecule is Cc1ccc(S(=O)(=O)n2ccc3c4nc(N)[nH]c4cnc32)cc1. The van der Waals surface area contributed by atoms with E-state index < -0.39 is 10.0 Å². The number of aryl methyl sites for hydroxylation is 1. The molecule has 0 saturated heterocycles. The molecule has 0 aliphatic heterocycles. The Morgan fingerprint density at radius 1 is 1.17 bits per heavy atom. The minimum atomic E-state index is -3.72. The smallest absolute Gasteiger partial charge is 0.269 e. The number of nitrogens with zero attached hydrogens (tertiary/aromatic N) is 3. The van der Waals surface area contributed by atoms with Gasteiger partial charge < -0.3 is 10.7 Å². The summed E-state index contributed by atoms with van der Waals surface area (Å²) in [5.74, 6) is 0.267. The summed E-state index contributed by atoms with van der Waals surface area (Å²) in [6, 6.07) is 8.37. The van der Waals surface area contributed by atoms with Crippen molar-refractivity contribution in [2.24, 2.45) is 0 Å². The average Bonchev–Trinajstić information content (AvgIpc) is 3.09. The van der Waals surface area contributed by atoms with Crippen LogP contribution in [0.5, 0.6) is 0 Å². The number of aromatic nitrogens is 4. The molecular weight excluding hydrogens is 314 g/mol. The molecule has 0 unspecified atom stereocenters. The number of imidazole rings is 1. The van der Waals surface area contributed by atoms with E-state index in [1.165, 1.54) is 12.4 Å². The fourth-order valence-corrected chi connectivity index (χ4v) is 3.87. The lowest BCUT2D eigenvalue weighted by Gasteiger charge is -2.07. The molecule has 8 heteroatoms. The van der Waals surface area contributed by atoms with Crippen LogP contribution < -0.4 is 5.73 Å². The zero-order chi connectivity index (χ0) is 16.2. The van der Waals surface area contributed by atoms with Crippen molar-refractivity contribution in [1.82, 2.24) is 18.9 Å². The third-order valence-electron chi connectivity index (χ3n) is 3.73. The Bertz CT molecular complexity index is 1140. The summed E-state index contributed by atoms with van der Waals surface area (Å²) in [6.07, 6.45) is 3.01. The number of hydrogen-bond donors (Lipinski definition) is 2. The second-order valence-corrected chi connectivity index (χ2v) is 7.12. The fourth-order valence-electron chi connectivity index (χ4n) is 2.57. The molecule has 3 aromatic heterocycles. The Morgan fingerprint density at radius 3 is 2.65 bits per heavy atom. The van der Waals surface area contributed by atoms with Crippen LogP contribution in [-0.4, -0.2) is 27.3 Å². The second kappa shape index (κ2) is 4.56. The van der Waals surface area contributed by atoms with Crippen molar-refractivity contribution in [2.45, 2.75) is 11.8 Å². The zero-order valence-corrected chi connectivity index (χ0v) is 13.0. The fraction of sp³-hybridized carbons (Fsp3) is 0.0667. The van der Waals surface area contributed by atoms with E-state index >= 15 is 0 Å². The van der Waals surface area contributed by atoms with Crippen LogP contribution in [0.3, 0.4) is 0 Å². The molecule has 0 aliphatic carbocycles. The van der Waals surface area contributed by atoms with Gasteiger partial charge in [0.05, 0.1) is 16.6 Å². The molecular formula is C15H13N5O2S. The molecule has 23 heavy (non-hydrogen) atoms. The van der Waals surface area contributed by atoms with Gasteiger partial charge in [-0.15, -0.1) is 0 Å². The summed E-state index contributed by atoms with van der Waals surface area (Å²) in [5, 5.41) is 0.631. The van der Waals surface area contributed by atoms with Crippen LogP contribution in [0.4, 0.5) is 5.95 Å². The minimum Gasteiger partial charge on any atom is -0.369 e. The zero-order valence-electron chi connectivity index (χ0n) is 12.2.